The highest BCUT2D eigenvalue weighted by molar-refractivity contribution is 7.21. The molecule has 180 valence electrons. The molecule has 5 aromatic rings. The number of thiophene rings is 1. The second kappa shape index (κ2) is 9.79. The number of hydrogen-bond donors (Lipinski definition) is 1. The van der Waals surface area contributed by atoms with E-state index >= 15 is 0 Å². The van der Waals surface area contributed by atoms with E-state index in [0.29, 0.717) is 0 Å². The smallest absolute Gasteiger partial charge is 0.227 e. The van der Waals surface area contributed by atoms with Gasteiger partial charge in [0.2, 0.25) is 5.91 Å². The number of thiazole rings is 1. The molecule has 0 saturated carbocycles. The molecule has 0 radical (unpaired) electrons. The van der Waals surface area contributed by atoms with Gasteiger partial charge in [0.25, 0.3) is 0 Å². The molecule has 3 aromatic heterocycles. The molecule has 1 saturated heterocycles. The maximum Gasteiger partial charge on any atom is 0.227 e. The van der Waals surface area contributed by atoms with Crippen LogP contribution in [-0.4, -0.2) is 34.2 Å². The van der Waals surface area contributed by atoms with E-state index in [9.17, 15) is 4.79 Å². The second-order valence-corrected chi connectivity index (χ2v) is 11.1. The topological polar surface area (TPSA) is 71.0 Å². The van der Waals surface area contributed by atoms with Crippen LogP contribution in [0.25, 0.3) is 31.4 Å². The number of amides is 1. The van der Waals surface area contributed by atoms with Gasteiger partial charge >= 0.3 is 0 Å². The highest BCUT2D eigenvalue weighted by Gasteiger charge is 2.26. The Morgan fingerprint density at radius 2 is 1.83 bits per heavy atom. The number of aryl methyl sites for hydroxylation is 1. The average Bonchev–Trinajstić information content (AvgIpc) is 3.60. The molecule has 2 aromatic carbocycles. The maximum absolute atomic E-state index is 12.9. The van der Waals surface area contributed by atoms with Gasteiger partial charge in [-0.3, -0.25) is 4.79 Å². The molecule has 0 spiro atoms. The number of anilines is 2. The summed E-state index contributed by atoms with van der Waals surface area (Å²) in [5, 5.41) is 14.9. The third-order valence-corrected chi connectivity index (χ3v) is 8.52. The molecule has 1 aliphatic rings. The van der Waals surface area contributed by atoms with Gasteiger partial charge in [-0.2, -0.15) is 0 Å². The number of aromatic nitrogens is 3. The van der Waals surface area contributed by atoms with Gasteiger partial charge in [-0.05, 0) is 85.3 Å². The Morgan fingerprint density at radius 3 is 2.56 bits per heavy atom. The molecule has 1 N–H and O–H groups in total. The Morgan fingerprint density at radius 1 is 1.00 bits per heavy atom. The quantitative estimate of drug-likeness (QED) is 0.286. The van der Waals surface area contributed by atoms with Crippen LogP contribution in [0.5, 0.6) is 0 Å². The Bertz CT molecular complexity index is 1490. The summed E-state index contributed by atoms with van der Waals surface area (Å²) in [7, 11) is 0. The molecule has 36 heavy (non-hydrogen) atoms. The van der Waals surface area contributed by atoms with Crippen LogP contribution >= 0.6 is 22.7 Å². The van der Waals surface area contributed by atoms with Crippen LogP contribution in [0.15, 0.2) is 72.1 Å². The zero-order chi connectivity index (χ0) is 24.5. The first-order chi connectivity index (χ1) is 17.6. The van der Waals surface area contributed by atoms with Crippen molar-refractivity contribution in [2.24, 2.45) is 5.92 Å². The molecular formula is C28H25N5OS2. The number of carbonyl (C=O) groups excluding carboxylic acids is 1. The van der Waals surface area contributed by atoms with Crippen LogP contribution in [0, 0.1) is 12.8 Å². The molecule has 0 unspecified atom stereocenters. The van der Waals surface area contributed by atoms with E-state index in [1.807, 2.05) is 53.9 Å². The van der Waals surface area contributed by atoms with Crippen LogP contribution in [0.4, 0.5) is 11.5 Å². The summed E-state index contributed by atoms with van der Waals surface area (Å²) < 4.78 is 1.19. The fourth-order valence-electron chi connectivity index (χ4n) is 4.52. The number of piperidine rings is 1. The number of carbonyl (C=O) groups is 1. The van der Waals surface area contributed by atoms with E-state index in [1.165, 1.54) is 10.3 Å². The summed E-state index contributed by atoms with van der Waals surface area (Å²) >= 11 is 3.35. The average molecular weight is 512 g/mol. The molecule has 6 rings (SSSR count). The molecule has 1 fully saturated rings. The van der Waals surface area contributed by atoms with Crippen LogP contribution in [0.2, 0.25) is 0 Å². The van der Waals surface area contributed by atoms with E-state index < -0.39 is 0 Å². The number of hydrogen-bond acceptors (Lipinski definition) is 7. The fraction of sp³-hybridized carbons (Fsp3) is 0.214. The summed E-state index contributed by atoms with van der Waals surface area (Å²) in [4.78, 5) is 21.0. The van der Waals surface area contributed by atoms with Crippen molar-refractivity contribution in [1.29, 1.82) is 0 Å². The van der Waals surface area contributed by atoms with E-state index in [2.05, 4.69) is 45.5 Å². The third-order valence-electron chi connectivity index (χ3n) is 6.56. The number of fused-ring (bicyclic) bond motifs is 1. The first kappa shape index (κ1) is 22.8. The monoisotopic (exact) mass is 511 g/mol. The Balaban J connectivity index is 1.05. The normalized spacial score (nSPS) is 14.3. The molecule has 1 aliphatic heterocycles. The first-order valence-electron chi connectivity index (χ1n) is 12.0. The minimum absolute atomic E-state index is 0.00761. The Kier molecular flexibility index (Phi) is 6.21. The summed E-state index contributed by atoms with van der Waals surface area (Å²) in [5.41, 5.74) is 5.03. The van der Waals surface area contributed by atoms with E-state index in [0.717, 1.165) is 64.1 Å². The molecule has 4 heterocycles. The highest BCUT2D eigenvalue weighted by atomic mass is 32.1. The zero-order valence-electron chi connectivity index (χ0n) is 19.8. The SMILES string of the molecule is Cc1ccc2nc(-c3ccc(NC(=O)C4CCN(c5ccc(-c6cccs6)nn5)CC4)cc3)sc2c1. The largest absolute Gasteiger partial charge is 0.355 e. The van der Waals surface area contributed by atoms with Gasteiger partial charge in [0, 0.05) is 30.3 Å². The maximum atomic E-state index is 12.9. The lowest BCUT2D eigenvalue weighted by molar-refractivity contribution is -0.120. The van der Waals surface area contributed by atoms with Gasteiger partial charge in [0.1, 0.15) is 10.7 Å². The summed E-state index contributed by atoms with van der Waals surface area (Å²) in [5.74, 6) is 0.943. The number of rotatable bonds is 5. The van der Waals surface area contributed by atoms with Gasteiger partial charge < -0.3 is 10.2 Å². The van der Waals surface area contributed by atoms with E-state index in [-0.39, 0.29) is 11.8 Å². The molecule has 0 atom stereocenters. The number of nitrogens with zero attached hydrogens (tertiary/aromatic N) is 4. The van der Waals surface area contributed by atoms with Crippen molar-refractivity contribution in [3.8, 4) is 21.1 Å². The van der Waals surface area contributed by atoms with Crippen molar-refractivity contribution in [2.45, 2.75) is 19.8 Å². The van der Waals surface area contributed by atoms with Gasteiger partial charge in [-0.25, -0.2) is 4.98 Å². The predicted octanol–water partition coefficient (Wildman–Crippen LogP) is 6.65. The van der Waals surface area contributed by atoms with Crippen molar-refractivity contribution in [2.75, 3.05) is 23.3 Å². The summed E-state index contributed by atoms with van der Waals surface area (Å²) in [6, 6.07) is 22.4. The third kappa shape index (κ3) is 4.74. The molecule has 6 nitrogen and oxygen atoms in total. The lowest BCUT2D eigenvalue weighted by Gasteiger charge is -2.31. The van der Waals surface area contributed by atoms with Crippen molar-refractivity contribution in [3.05, 3.63) is 77.7 Å². The Hall–Kier alpha value is -3.62. The van der Waals surface area contributed by atoms with Crippen LogP contribution in [0.3, 0.4) is 0 Å². The number of benzene rings is 2. The second-order valence-electron chi connectivity index (χ2n) is 9.07. The van der Waals surface area contributed by atoms with Crippen molar-refractivity contribution in [3.63, 3.8) is 0 Å². The van der Waals surface area contributed by atoms with E-state index in [4.69, 9.17) is 4.98 Å². The molecule has 1 amide bonds. The minimum atomic E-state index is -0.00761. The van der Waals surface area contributed by atoms with Gasteiger partial charge in [0.05, 0.1) is 15.1 Å². The van der Waals surface area contributed by atoms with E-state index in [1.54, 1.807) is 22.7 Å². The van der Waals surface area contributed by atoms with Crippen molar-refractivity contribution in [1.82, 2.24) is 15.2 Å². The lowest BCUT2D eigenvalue weighted by Crippen LogP contribution is -2.38. The summed E-state index contributed by atoms with van der Waals surface area (Å²) in [6.07, 6.45) is 1.59. The molecule has 0 aliphatic carbocycles. The first-order valence-corrected chi connectivity index (χ1v) is 13.7. The highest BCUT2D eigenvalue weighted by Crippen LogP contribution is 2.32. The fourth-order valence-corrected chi connectivity index (χ4v) is 6.28. The lowest BCUT2D eigenvalue weighted by atomic mass is 9.95. The van der Waals surface area contributed by atoms with Crippen LogP contribution in [0.1, 0.15) is 18.4 Å². The predicted molar refractivity (Wildman–Crippen MR) is 149 cm³/mol. The zero-order valence-corrected chi connectivity index (χ0v) is 21.5. The summed E-state index contributed by atoms with van der Waals surface area (Å²) in [6.45, 7) is 3.68. The number of nitrogens with one attached hydrogen (secondary N) is 1. The van der Waals surface area contributed by atoms with Crippen LogP contribution in [-0.2, 0) is 4.79 Å². The van der Waals surface area contributed by atoms with Gasteiger partial charge in [0.15, 0.2) is 5.82 Å². The van der Waals surface area contributed by atoms with Crippen molar-refractivity contribution >= 4 is 50.3 Å². The molecule has 8 heteroatoms. The Labute approximate surface area is 217 Å². The van der Waals surface area contributed by atoms with Crippen LogP contribution < -0.4 is 10.2 Å². The van der Waals surface area contributed by atoms with Crippen molar-refractivity contribution < 1.29 is 4.79 Å². The van der Waals surface area contributed by atoms with Gasteiger partial charge in [-0.15, -0.1) is 32.9 Å². The standard InChI is InChI=1S/C28H25N5OS2/c1-18-4-9-22-25(17-18)36-28(30-22)20-5-7-21(8-6-20)29-27(34)19-12-14-33(15-13-19)26-11-10-23(31-32-26)24-3-2-16-35-24/h2-11,16-17,19H,12-15H2,1H3,(H,29,34). The molecule has 0 bridgehead atoms. The minimum Gasteiger partial charge on any atom is -0.355 e. The van der Waals surface area contributed by atoms with Gasteiger partial charge in [-0.1, -0.05) is 12.1 Å². The molecular weight excluding hydrogens is 486 g/mol.